The van der Waals surface area contributed by atoms with Crippen molar-refractivity contribution in [1.29, 1.82) is 0 Å². The summed E-state index contributed by atoms with van der Waals surface area (Å²) in [5.41, 5.74) is 1.39. The fraction of sp³-hybridized carbons (Fsp3) is 0.133. The quantitative estimate of drug-likeness (QED) is 0.783. The number of benzene rings is 2. The van der Waals surface area contributed by atoms with E-state index in [2.05, 4.69) is 21.2 Å². The van der Waals surface area contributed by atoms with E-state index >= 15 is 0 Å². The van der Waals surface area contributed by atoms with Gasteiger partial charge in [-0.25, -0.2) is 0 Å². The molecule has 2 aromatic carbocycles. The zero-order valence-electron chi connectivity index (χ0n) is 10.7. The summed E-state index contributed by atoms with van der Waals surface area (Å²) in [6.45, 7) is 1.92. The number of nitrogens with one attached hydrogen (secondary N) is 1. The van der Waals surface area contributed by atoms with Gasteiger partial charge < -0.3 is 5.32 Å². The van der Waals surface area contributed by atoms with Gasteiger partial charge in [0, 0.05) is 9.50 Å². The highest BCUT2D eigenvalue weighted by molar-refractivity contribution is 9.10. The van der Waals surface area contributed by atoms with Crippen LogP contribution < -0.4 is 5.32 Å². The zero-order valence-corrected chi connectivity index (χ0v) is 13.8. The molecule has 0 spiro atoms. The summed E-state index contributed by atoms with van der Waals surface area (Å²) in [5, 5.41) is 3.77. The van der Waals surface area contributed by atoms with Gasteiger partial charge in [-0.05, 0) is 42.8 Å². The second-order valence-electron chi connectivity index (χ2n) is 4.37. The topological polar surface area (TPSA) is 29.1 Å². The Hall–Kier alpha value is -1.03. The van der Waals surface area contributed by atoms with Gasteiger partial charge in [-0.15, -0.1) is 0 Å². The van der Waals surface area contributed by atoms with Crippen LogP contribution in [-0.4, -0.2) is 5.91 Å². The molecule has 5 heteroatoms. The monoisotopic (exact) mass is 371 g/mol. The highest BCUT2D eigenvalue weighted by Crippen LogP contribution is 2.22. The minimum absolute atomic E-state index is 0.120. The second-order valence-corrected chi connectivity index (χ2v) is 6.13. The molecular weight excluding hydrogens is 361 g/mol. The van der Waals surface area contributed by atoms with Gasteiger partial charge in [0.1, 0.15) is 0 Å². The number of amides is 1. The molecule has 0 aliphatic carbocycles. The first-order valence-corrected chi connectivity index (χ1v) is 7.53. The summed E-state index contributed by atoms with van der Waals surface area (Å²) in [5.74, 6) is -0.243. The number of carbonyl (C=O) groups is 1. The maximum atomic E-state index is 12.2. The molecule has 1 unspecified atom stereocenters. The molecule has 0 bridgehead atoms. The summed E-state index contributed by atoms with van der Waals surface area (Å²) in [6.07, 6.45) is 0. The summed E-state index contributed by atoms with van der Waals surface area (Å²) in [7, 11) is 0. The van der Waals surface area contributed by atoms with Crippen LogP contribution >= 0.6 is 39.1 Å². The van der Waals surface area contributed by atoms with Gasteiger partial charge in [0.2, 0.25) is 0 Å². The van der Waals surface area contributed by atoms with Crippen molar-refractivity contribution in [3.63, 3.8) is 0 Å². The van der Waals surface area contributed by atoms with Crippen molar-refractivity contribution in [2.45, 2.75) is 13.0 Å². The highest BCUT2D eigenvalue weighted by atomic mass is 79.9. The lowest BCUT2D eigenvalue weighted by Crippen LogP contribution is -2.26. The van der Waals surface area contributed by atoms with Crippen LogP contribution in [0.5, 0.6) is 0 Å². The third-order valence-corrected chi connectivity index (χ3v) is 3.98. The van der Waals surface area contributed by atoms with Gasteiger partial charge in [0.25, 0.3) is 5.91 Å². The minimum atomic E-state index is -0.243. The predicted molar refractivity (Wildman–Crippen MR) is 86.5 cm³/mol. The summed E-state index contributed by atoms with van der Waals surface area (Å²) in [4.78, 5) is 12.2. The average Bonchev–Trinajstić information content (AvgIpc) is 2.42. The molecule has 1 amide bonds. The van der Waals surface area contributed by atoms with Crippen molar-refractivity contribution in [2.75, 3.05) is 0 Å². The molecule has 0 saturated heterocycles. The average molecular weight is 373 g/mol. The molecule has 0 aliphatic heterocycles. The van der Waals surface area contributed by atoms with Crippen molar-refractivity contribution >= 4 is 45.0 Å². The number of rotatable bonds is 3. The van der Waals surface area contributed by atoms with Crippen LogP contribution in [0.25, 0.3) is 0 Å². The van der Waals surface area contributed by atoms with Crippen LogP contribution in [0, 0.1) is 0 Å². The zero-order chi connectivity index (χ0) is 14.7. The Bertz CT molecular complexity index is 628. The third-order valence-electron chi connectivity index (χ3n) is 2.89. The molecule has 0 aliphatic rings. The Kier molecular flexibility index (Phi) is 5.08. The van der Waals surface area contributed by atoms with E-state index < -0.39 is 0 Å². The lowest BCUT2D eigenvalue weighted by molar-refractivity contribution is 0.0940. The molecule has 104 valence electrons. The molecule has 0 radical (unpaired) electrons. The molecule has 2 rings (SSSR count). The van der Waals surface area contributed by atoms with Crippen LogP contribution in [0.3, 0.4) is 0 Å². The molecule has 0 fully saturated rings. The fourth-order valence-corrected chi connectivity index (χ4v) is 2.42. The Labute approximate surface area is 136 Å². The van der Waals surface area contributed by atoms with Gasteiger partial charge in [0.15, 0.2) is 0 Å². The van der Waals surface area contributed by atoms with Crippen molar-refractivity contribution in [3.8, 4) is 0 Å². The van der Waals surface area contributed by atoms with E-state index in [0.717, 1.165) is 10.0 Å². The number of hydrogen-bond donors (Lipinski definition) is 1. The summed E-state index contributed by atoms with van der Waals surface area (Å²) in [6, 6.07) is 12.5. The first-order valence-electron chi connectivity index (χ1n) is 5.99. The van der Waals surface area contributed by atoms with E-state index in [-0.39, 0.29) is 11.9 Å². The Morgan fingerprint density at radius 2 is 1.80 bits per heavy atom. The molecule has 1 atom stereocenters. The molecule has 2 aromatic rings. The van der Waals surface area contributed by atoms with Gasteiger partial charge in [-0.1, -0.05) is 51.3 Å². The SMILES string of the molecule is CC(NC(=O)c1cc(Cl)ccc1Cl)c1ccc(Br)cc1. The Morgan fingerprint density at radius 3 is 2.45 bits per heavy atom. The molecule has 0 aromatic heterocycles. The van der Waals surface area contributed by atoms with Gasteiger partial charge in [0.05, 0.1) is 16.6 Å². The standard InChI is InChI=1S/C15H12BrCl2NO/c1-9(10-2-4-11(16)5-3-10)19-15(20)13-8-12(17)6-7-14(13)18/h2-9H,1H3,(H,19,20). The van der Waals surface area contributed by atoms with Crippen molar-refractivity contribution in [1.82, 2.24) is 5.32 Å². The maximum Gasteiger partial charge on any atom is 0.253 e. The first kappa shape index (κ1) is 15.4. The molecule has 0 saturated carbocycles. The summed E-state index contributed by atoms with van der Waals surface area (Å²) < 4.78 is 0.998. The van der Waals surface area contributed by atoms with Gasteiger partial charge in [-0.3, -0.25) is 4.79 Å². The van der Waals surface area contributed by atoms with E-state index in [4.69, 9.17) is 23.2 Å². The van der Waals surface area contributed by atoms with Crippen LogP contribution in [0.4, 0.5) is 0 Å². The molecule has 0 heterocycles. The maximum absolute atomic E-state index is 12.2. The van der Waals surface area contributed by atoms with Crippen LogP contribution in [-0.2, 0) is 0 Å². The van der Waals surface area contributed by atoms with Gasteiger partial charge in [-0.2, -0.15) is 0 Å². The van der Waals surface area contributed by atoms with Crippen molar-refractivity contribution in [3.05, 3.63) is 68.1 Å². The van der Waals surface area contributed by atoms with Crippen LogP contribution in [0.1, 0.15) is 28.9 Å². The van der Waals surface area contributed by atoms with Crippen LogP contribution in [0.15, 0.2) is 46.9 Å². The number of carbonyl (C=O) groups excluding carboxylic acids is 1. The van der Waals surface area contributed by atoms with E-state index in [0.29, 0.717) is 15.6 Å². The van der Waals surface area contributed by atoms with E-state index in [1.165, 1.54) is 0 Å². The predicted octanol–water partition coefficient (Wildman–Crippen LogP) is 5.25. The third kappa shape index (κ3) is 3.75. The lowest BCUT2D eigenvalue weighted by Gasteiger charge is -2.15. The van der Waals surface area contributed by atoms with E-state index in [9.17, 15) is 4.79 Å². The largest absolute Gasteiger partial charge is 0.345 e. The van der Waals surface area contributed by atoms with E-state index in [1.807, 2.05) is 31.2 Å². The van der Waals surface area contributed by atoms with Gasteiger partial charge >= 0.3 is 0 Å². The lowest BCUT2D eigenvalue weighted by atomic mass is 10.1. The second kappa shape index (κ2) is 6.61. The number of hydrogen-bond acceptors (Lipinski definition) is 1. The molecule has 20 heavy (non-hydrogen) atoms. The molecule has 1 N–H and O–H groups in total. The van der Waals surface area contributed by atoms with E-state index in [1.54, 1.807) is 18.2 Å². The molecular formula is C15H12BrCl2NO. The Morgan fingerprint density at radius 1 is 1.15 bits per heavy atom. The fourth-order valence-electron chi connectivity index (χ4n) is 1.78. The molecule has 2 nitrogen and oxygen atoms in total. The summed E-state index contributed by atoms with van der Waals surface area (Å²) >= 11 is 15.3. The smallest absolute Gasteiger partial charge is 0.253 e. The highest BCUT2D eigenvalue weighted by Gasteiger charge is 2.14. The van der Waals surface area contributed by atoms with Crippen LogP contribution in [0.2, 0.25) is 10.0 Å². The van der Waals surface area contributed by atoms with Crippen molar-refractivity contribution < 1.29 is 4.79 Å². The first-order chi connectivity index (χ1) is 9.47. The minimum Gasteiger partial charge on any atom is -0.345 e. The number of halogens is 3. The van der Waals surface area contributed by atoms with Crippen molar-refractivity contribution in [2.24, 2.45) is 0 Å². The normalized spacial score (nSPS) is 12.0. The Balaban J connectivity index is 2.15.